The van der Waals surface area contributed by atoms with Gasteiger partial charge in [0.1, 0.15) is 17.4 Å². The molecule has 7 nitrogen and oxygen atoms in total. The Morgan fingerprint density at radius 1 is 1.19 bits per heavy atom. The molecule has 2 fully saturated rings. The fourth-order valence-corrected chi connectivity index (χ4v) is 4.04. The summed E-state index contributed by atoms with van der Waals surface area (Å²) in [6.45, 7) is -0.716. The van der Waals surface area contributed by atoms with Gasteiger partial charge in [-0.2, -0.15) is 5.26 Å². The highest BCUT2D eigenvalue weighted by Crippen LogP contribution is 2.41. The highest BCUT2D eigenvalue weighted by Gasteiger charge is 2.55. The van der Waals surface area contributed by atoms with Crippen LogP contribution in [0.15, 0.2) is 36.5 Å². The van der Waals surface area contributed by atoms with Crippen molar-refractivity contribution in [2.45, 2.75) is 37.1 Å². The Kier molecular flexibility index (Phi) is 5.20. The molecule has 1 aromatic heterocycles. The van der Waals surface area contributed by atoms with E-state index in [1.54, 1.807) is 6.07 Å². The van der Waals surface area contributed by atoms with Gasteiger partial charge >= 0.3 is 6.03 Å². The van der Waals surface area contributed by atoms with Crippen molar-refractivity contribution >= 4 is 17.7 Å². The van der Waals surface area contributed by atoms with Gasteiger partial charge in [0.05, 0.1) is 23.4 Å². The second-order valence-corrected chi connectivity index (χ2v) is 7.89. The van der Waals surface area contributed by atoms with Gasteiger partial charge < -0.3 is 5.32 Å². The van der Waals surface area contributed by atoms with Crippen molar-refractivity contribution in [3.05, 3.63) is 53.5 Å². The number of urea groups is 1. The average Bonchev–Trinajstić information content (AvgIpc) is 3.00. The number of aromatic nitrogens is 1. The number of alkyl halides is 2. The molecular weight excluding hydrogens is 425 g/mol. The minimum absolute atomic E-state index is 0.230. The van der Waals surface area contributed by atoms with Crippen molar-refractivity contribution < 1.29 is 27.6 Å². The SMILES string of the molecule is N#Cc1cccnc1-c1ccc(C(=O)CN2C(=O)NC3(CCC(F)(F)CC3)C2=O)c(F)c1. The first kappa shape index (κ1) is 21.5. The van der Waals surface area contributed by atoms with E-state index in [0.717, 1.165) is 6.07 Å². The standard InChI is InChI=1S/C22H17F3N4O3/c23-16-10-13(18-14(11-26)2-1-9-27-18)3-4-15(16)17(30)12-29-19(31)21(28-20(29)32)5-7-22(24,25)8-6-21/h1-4,9-10H,5-8,12H2,(H,28,32). The third-order valence-electron chi connectivity index (χ3n) is 5.85. The first-order valence-corrected chi connectivity index (χ1v) is 9.86. The predicted octanol–water partition coefficient (Wildman–Crippen LogP) is 3.44. The monoisotopic (exact) mass is 442 g/mol. The Morgan fingerprint density at radius 3 is 2.56 bits per heavy atom. The molecule has 2 aliphatic rings. The van der Waals surface area contributed by atoms with Crippen LogP contribution in [0, 0.1) is 17.1 Å². The zero-order valence-corrected chi connectivity index (χ0v) is 16.7. The van der Waals surface area contributed by atoms with Crippen LogP contribution in [-0.2, 0) is 4.79 Å². The van der Waals surface area contributed by atoms with Crippen molar-refractivity contribution in [1.29, 1.82) is 5.26 Å². The number of nitriles is 1. The highest BCUT2D eigenvalue weighted by atomic mass is 19.3. The summed E-state index contributed by atoms with van der Waals surface area (Å²) in [7, 11) is 0. The zero-order valence-electron chi connectivity index (χ0n) is 16.7. The van der Waals surface area contributed by atoms with Gasteiger partial charge in [-0.05, 0) is 37.1 Å². The van der Waals surface area contributed by atoms with E-state index in [0.29, 0.717) is 4.90 Å². The lowest BCUT2D eigenvalue weighted by molar-refractivity contribution is -0.135. The molecule has 1 saturated carbocycles. The molecule has 0 atom stereocenters. The number of nitrogens with one attached hydrogen (secondary N) is 1. The van der Waals surface area contributed by atoms with Crippen LogP contribution in [0.2, 0.25) is 0 Å². The molecule has 1 N–H and O–H groups in total. The minimum atomic E-state index is -2.90. The first-order valence-electron chi connectivity index (χ1n) is 9.86. The number of nitrogens with zero attached hydrogens (tertiary/aromatic N) is 3. The van der Waals surface area contributed by atoms with Gasteiger partial charge in [0.15, 0.2) is 5.78 Å². The van der Waals surface area contributed by atoms with Gasteiger partial charge in [-0.1, -0.05) is 6.07 Å². The topological polar surface area (TPSA) is 103 Å². The summed E-state index contributed by atoms with van der Waals surface area (Å²) in [5, 5.41) is 11.6. The van der Waals surface area contributed by atoms with Crippen molar-refractivity contribution in [2.75, 3.05) is 6.54 Å². The van der Waals surface area contributed by atoms with E-state index in [4.69, 9.17) is 0 Å². The van der Waals surface area contributed by atoms with Crippen molar-refractivity contribution in [3.8, 4) is 17.3 Å². The van der Waals surface area contributed by atoms with Crippen LogP contribution < -0.4 is 5.32 Å². The summed E-state index contributed by atoms with van der Waals surface area (Å²) < 4.78 is 41.7. The largest absolute Gasteiger partial charge is 0.325 e. The number of halogens is 3. The number of amides is 3. The molecule has 10 heteroatoms. The van der Waals surface area contributed by atoms with Crippen LogP contribution >= 0.6 is 0 Å². The molecule has 0 unspecified atom stereocenters. The van der Waals surface area contributed by atoms with Gasteiger partial charge in [-0.25, -0.2) is 18.0 Å². The molecule has 4 rings (SSSR count). The van der Waals surface area contributed by atoms with E-state index >= 15 is 0 Å². The van der Waals surface area contributed by atoms with Gasteiger partial charge in [-0.15, -0.1) is 0 Å². The van der Waals surface area contributed by atoms with E-state index in [1.807, 2.05) is 6.07 Å². The first-order chi connectivity index (χ1) is 15.2. The molecule has 3 amide bonds. The fraction of sp³-hybridized carbons (Fsp3) is 0.318. The lowest BCUT2D eigenvalue weighted by Gasteiger charge is -2.34. The number of rotatable bonds is 4. The molecule has 1 aliphatic heterocycles. The second kappa shape index (κ2) is 7.75. The summed E-state index contributed by atoms with van der Waals surface area (Å²) in [4.78, 5) is 42.4. The predicted molar refractivity (Wildman–Crippen MR) is 105 cm³/mol. The molecule has 1 spiro atoms. The Hall–Kier alpha value is -3.74. The number of ketones is 1. The summed E-state index contributed by atoms with van der Waals surface area (Å²) in [6.07, 6.45) is -0.112. The third-order valence-corrected chi connectivity index (χ3v) is 5.85. The van der Waals surface area contributed by atoms with Gasteiger partial charge in [-0.3, -0.25) is 19.5 Å². The van der Waals surface area contributed by atoms with Crippen LogP contribution in [0.1, 0.15) is 41.6 Å². The molecule has 2 aromatic rings. The molecule has 0 radical (unpaired) electrons. The van der Waals surface area contributed by atoms with Crippen LogP contribution in [0.4, 0.5) is 18.0 Å². The maximum absolute atomic E-state index is 14.7. The number of hydrogen-bond donors (Lipinski definition) is 1. The number of Topliss-reactive ketones (excluding diaryl/α,β-unsaturated/α-hetero) is 1. The molecule has 1 aromatic carbocycles. The fourth-order valence-electron chi connectivity index (χ4n) is 4.04. The number of imide groups is 1. The molecule has 0 bridgehead atoms. The summed E-state index contributed by atoms with van der Waals surface area (Å²) in [5.74, 6) is -5.38. The Labute approximate surface area is 180 Å². The summed E-state index contributed by atoms with van der Waals surface area (Å²) in [5.41, 5.74) is -1.03. The number of carbonyl (C=O) groups is 3. The van der Waals surface area contributed by atoms with Crippen LogP contribution in [-0.4, -0.2) is 45.6 Å². The third kappa shape index (κ3) is 3.70. The Bertz CT molecular complexity index is 1170. The van der Waals surface area contributed by atoms with E-state index in [1.165, 1.54) is 24.4 Å². The van der Waals surface area contributed by atoms with Crippen molar-refractivity contribution in [3.63, 3.8) is 0 Å². The molecular formula is C22H17F3N4O3. The Morgan fingerprint density at radius 2 is 1.91 bits per heavy atom. The van der Waals surface area contributed by atoms with E-state index < -0.39 is 54.4 Å². The number of benzene rings is 1. The lowest BCUT2D eigenvalue weighted by atomic mass is 9.80. The number of carbonyl (C=O) groups excluding carboxylic acids is 3. The van der Waals surface area contributed by atoms with Gasteiger partial charge in [0.2, 0.25) is 5.92 Å². The van der Waals surface area contributed by atoms with Crippen LogP contribution in [0.25, 0.3) is 11.3 Å². The van der Waals surface area contributed by atoms with Crippen molar-refractivity contribution in [2.24, 2.45) is 0 Å². The molecule has 1 aliphatic carbocycles. The van der Waals surface area contributed by atoms with Gasteiger partial charge in [0.25, 0.3) is 5.91 Å². The molecule has 32 heavy (non-hydrogen) atoms. The van der Waals surface area contributed by atoms with Crippen LogP contribution in [0.3, 0.4) is 0 Å². The maximum atomic E-state index is 14.7. The highest BCUT2D eigenvalue weighted by molar-refractivity contribution is 6.11. The number of hydrogen-bond acceptors (Lipinski definition) is 5. The molecule has 1 saturated heterocycles. The van der Waals surface area contributed by atoms with E-state index in [-0.39, 0.29) is 35.2 Å². The van der Waals surface area contributed by atoms with Crippen LogP contribution in [0.5, 0.6) is 0 Å². The molecule has 164 valence electrons. The molecule has 2 heterocycles. The van der Waals surface area contributed by atoms with E-state index in [9.17, 15) is 32.8 Å². The lowest BCUT2D eigenvalue weighted by Crippen LogP contribution is -2.51. The maximum Gasteiger partial charge on any atom is 0.325 e. The quantitative estimate of drug-likeness (QED) is 0.577. The average molecular weight is 442 g/mol. The summed E-state index contributed by atoms with van der Waals surface area (Å²) >= 11 is 0. The Balaban J connectivity index is 1.53. The van der Waals surface area contributed by atoms with Gasteiger partial charge in [0, 0.05) is 24.6 Å². The number of pyridine rings is 1. The van der Waals surface area contributed by atoms with E-state index in [2.05, 4.69) is 10.3 Å². The smallest absolute Gasteiger partial charge is 0.323 e. The normalized spacial score (nSPS) is 19.0. The zero-order chi connectivity index (χ0) is 23.1. The summed E-state index contributed by atoms with van der Waals surface area (Å²) in [6, 6.07) is 7.83. The minimum Gasteiger partial charge on any atom is -0.323 e. The van der Waals surface area contributed by atoms with Crippen molar-refractivity contribution in [1.82, 2.24) is 15.2 Å². The second-order valence-electron chi connectivity index (χ2n) is 7.89.